The Morgan fingerprint density at radius 1 is 0.477 bits per heavy atom. The average molecular weight is 933 g/mol. The Hall–Kier alpha value is -1.76. The first-order valence-corrected chi connectivity index (χ1v) is 25.8. The molecule has 0 amide bonds. The molecule has 2 saturated heterocycles. The molecule has 0 bridgehead atoms. The van der Waals surface area contributed by atoms with Crippen molar-refractivity contribution >= 4 is 11.9 Å². The second-order valence-electron chi connectivity index (χ2n) is 18.4. The number of aliphatic hydroxyl groups is 7. The molecule has 382 valence electrons. The smallest absolute Gasteiger partial charge is 0.306 e. The summed E-state index contributed by atoms with van der Waals surface area (Å²) >= 11 is 0. The minimum Gasteiger partial charge on any atom is -0.462 e. The van der Waals surface area contributed by atoms with Gasteiger partial charge in [0.2, 0.25) is 0 Å². The molecule has 2 aliphatic heterocycles. The van der Waals surface area contributed by atoms with Gasteiger partial charge in [-0.25, -0.2) is 0 Å². The molecule has 65 heavy (non-hydrogen) atoms. The van der Waals surface area contributed by atoms with E-state index in [1.807, 2.05) is 0 Å². The van der Waals surface area contributed by atoms with Crippen molar-refractivity contribution in [3.63, 3.8) is 0 Å². The van der Waals surface area contributed by atoms with Gasteiger partial charge in [-0.15, -0.1) is 0 Å². The monoisotopic (exact) mass is 933 g/mol. The number of hydrogen-bond acceptors (Lipinski definition) is 15. The van der Waals surface area contributed by atoms with Crippen molar-refractivity contribution in [1.29, 1.82) is 0 Å². The maximum absolute atomic E-state index is 13.0. The first-order valence-electron chi connectivity index (χ1n) is 25.8. The van der Waals surface area contributed by atoms with Crippen LogP contribution in [0.3, 0.4) is 0 Å². The topological polar surface area (TPSA) is 231 Å². The predicted molar refractivity (Wildman–Crippen MR) is 248 cm³/mol. The Kier molecular flexibility index (Phi) is 34.8. The van der Waals surface area contributed by atoms with Gasteiger partial charge in [-0.3, -0.25) is 9.59 Å². The molecule has 11 atom stereocenters. The Bertz CT molecular complexity index is 1190. The second kappa shape index (κ2) is 38.1. The Morgan fingerprint density at radius 2 is 0.877 bits per heavy atom. The summed E-state index contributed by atoms with van der Waals surface area (Å²) in [4.78, 5) is 25.5. The van der Waals surface area contributed by atoms with Crippen molar-refractivity contribution in [3.8, 4) is 0 Å². The van der Waals surface area contributed by atoms with Gasteiger partial charge in [0, 0.05) is 12.8 Å². The zero-order chi connectivity index (χ0) is 47.5. The van der Waals surface area contributed by atoms with Gasteiger partial charge < -0.3 is 64.2 Å². The summed E-state index contributed by atoms with van der Waals surface area (Å²) in [6.45, 7) is 2.53. The van der Waals surface area contributed by atoms with Gasteiger partial charge in [0.05, 0.1) is 19.8 Å². The molecule has 0 aliphatic carbocycles. The van der Waals surface area contributed by atoms with Crippen LogP contribution in [0.2, 0.25) is 0 Å². The third-order valence-electron chi connectivity index (χ3n) is 12.5. The van der Waals surface area contributed by atoms with E-state index >= 15 is 0 Å². The van der Waals surface area contributed by atoms with Crippen LogP contribution in [0, 0.1) is 0 Å². The van der Waals surface area contributed by atoms with Crippen LogP contribution in [-0.4, -0.2) is 142 Å². The number of esters is 2. The molecule has 0 saturated carbocycles. The van der Waals surface area contributed by atoms with Crippen LogP contribution in [0.15, 0.2) is 12.2 Å². The molecule has 15 nitrogen and oxygen atoms in total. The van der Waals surface area contributed by atoms with Crippen molar-refractivity contribution in [2.45, 2.75) is 268 Å². The lowest BCUT2D eigenvalue weighted by Crippen LogP contribution is -2.61. The fraction of sp³-hybridized carbons (Fsp3) is 0.920. The standard InChI is InChI=1S/C50H92O15/c1-3-5-7-9-11-12-13-14-15-16-17-18-19-20-21-22-23-24-25-26-27-29-31-33-42(53)63-38(35-60-41(52)32-30-28-10-8-6-4-2)36-61-49-48(59)46(57)44(55)40(65-49)37-62-50-47(58)45(56)43(54)39(34-51)64-50/h16-17,38-40,43-51,54-59H,3-15,18-37H2,1-2H3/b17-16-. The number of allylic oxidation sites excluding steroid dienone is 2. The quantitative estimate of drug-likeness (QED) is 0.0187. The Balaban J connectivity index is 1.70. The van der Waals surface area contributed by atoms with Crippen molar-refractivity contribution in [2.75, 3.05) is 26.4 Å². The summed E-state index contributed by atoms with van der Waals surface area (Å²) in [5, 5.41) is 71.9. The normalized spacial score (nSPS) is 26.4. The first kappa shape index (κ1) is 59.4. The lowest BCUT2D eigenvalue weighted by atomic mass is 9.98. The van der Waals surface area contributed by atoms with Crippen LogP contribution >= 0.6 is 0 Å². The van der Waals surface area contributed by atoms with Crippen molar-refractivity contribution < 1.29 is 73.8 Å². The summed E-state index contributed by atoms with van der Waals surface area (Å²) in [6.07, 6.45) is 20.1. The number of hydrogen-bond donors (Lipinski definition) is 7. The van der Waals surface area contributed by atoms with Crippen LogP contribution in [0.5, 0.6) is 0 Å². The molecule has 11 unspecified atom stereocenters. The van der Waals surface area contributed by atoms with Crippen molar-refractivity contribution in [2.24, 2.45) is 0 Å². The third kappa shape index (κ3) is 26.5. The van der Waals surface area contributed by atoms with E-state index in [2.05, 4.69) is 26.0 Å². The highest BCUT2D eigenvalue weighted by Gasteiger charge is 2.47. The lowest BCUT2D eigenvalue weighted by Gasteiger charge is -2.42. The van der Waals surface area contributed by atoms with Crippen molar-refractivity contribution in [3.05, 3.63) is 12.2 Å². The summed E-state index contributed by atoms with van der Waals surface area (Å²) in [5.74, 6) is -0.928. The fourth-order valence-corrected chi connectivity index (χ4v) is 8.21. The van der Waals surface area contributed by atoms with Crippen LogP contribution in [0.1, 0.15) is 200 Å². The van der Waals surface area contributed by atoms with E-state index in [0.29, 0.717) is 12.8 Å². The molecule has 0 aromatic heterocycles. The van der Waals surface area contributed by atoms with Gasteiger partial charge >= 0.3 is 11.9 Å². The highest BCUT2D eigenvalue weighted by atomic mass is 16.7. The van der Waals surface area contributed by atoms with E-state index in [1.54, 1.807) is 0 Å². The summed E-state index contributed by atoms with van der Waals surface area (Å²) in [7, 11) is 0. The second-order valence-corrected chi connectivity index (χ2v) is 18.4. The molecule has 0 radical (unpaired) electrons. The summed E-state index contributed by atoms with van der Waals surface area (Å²) in [6, 6.07) is 0. The number of rotatable bonds is 40. The number of ether oxygens (including phenoxy) is 6. The SMILES string of the molecule is CCCCCCCCCC/C=C\CCCCCCCCCCCCCC(=O)OC(COC(=O)CCCCCCCC)COC1OC(COC2OC(CO)C(O)C(O)C2O)C(O)C(O)C1O. The van der Waals surface area contributed by atoms with Crippen LogP contribution < -0.4 is 0 Å². The molecule has 2 rings (SSSR count). The predicted octanol–water partition coefficient (Wildman–Crippen LogP) is 6.99. The molecular formula is C50H92O15. The van der Waals surface area contributed by atoms with Crippen LogP contribution in [0.4, 0.5) is 0 Å². The number of carbonyl (C=O) groups is 2. The van der Waals surface area contributed by atoms with Gasteiger partial charge in [0.25, 0.3) is 0 Å². The third-order valence-corrected chi connectivity index (χ3v) is 12.5. The van der Waals surface area contributed by atoms with Crippen molar-refractivity contribution in [1.82, 2.24) is 0 Å². The average Bonchev–Trinajstić information content (AvgIpc) is 3.30. The maximum atomic E-state index is 13.0. The molecule has 0 aromatic rings. The highest BCUT2D eigenvalue weighted by Crippen LogP contribution is 2.26. The van der Waals surface area contributed by atoms with E-state index in [9.17, 15) is 45.3 Å². The van der Waals surface area contributed by atoms with Gasteiger partial charge in [-0.1, -0.05) is 161 Å². The first-order chi connectivity index (χ1) is 31.5. The maximum Gasteiger partial charge on any atom is 0.306 e. The summed E-state index contributed by atoms with van der Waals surface area (Å²) in [5.41, 5.74) is 0. The molecule has 0 aromatic carbocycles. The largest absolute Gasteiger partial charge is 0.462 e. The molecule has 0 spiro atoms. The number of unbranched alkanes of at least 4 members (excludes halogenated alkanes) is 24. The van der Waals surface area contributed by atoms with Gasteiger partial charge in [-0.2, -0.15) is 0 Å². The zero-order valence-corrected chi connectivity index (χ0v) is 40.2. The Morgan fingerprint density at radius 3 is 1.35 bits per heavy atom. The Labute approximate surface area is 390 Å². The van der Waals surface area contributed by atoms with E-state index in [-0.39, 0.29) is 26.1 Å². The molecule has 7 N–H and O–H groups in total. The van der Waals surface area contributed by atoms with E-state index < -0.39 is 92.7 Å². The zero-order valence-electron chi connectivity index (χ0n) is 40.2. The van der Waals surface area contributed by atoms with Crippen LogP contribution in [-0.2, 0) is 38.0 Å². The lowest BCUT2D eigenvalue weighted by molar-refractivity contribution is -0.332. The van der Waals surface area contributed by atoms with Gasteiger partial charge in [-0.05, 0) is 38.5 Å². The molecular weight excluding hydrogens is 841 g/mol. The molecule has 2 heterocycles. The van der Waals surface area contributed by atoms with Gasteiger partial charge in [0.15, 0.2) is 18.7 Å². The van der Waals surface area contributed by atoms with E-state index in [1.165, 1.54) is 109 Å². The molecule has 2 fully saturated rings. The highest BCUT2D eigenvalue weighted by molar-refractivity contribution is 5.70. The molecule has 15 heteroatoms. The van der Waals surface area contributed by atoms with Crippen LogP contribution in [0.25, 0.3) is 0 Å². The molecule has 2 aliphatic rings. The minimum absolute atomic E-state index is 0.168. The number of aliphatic hydroxyl groups excluding tert-OH is 7. The number of carbonyl (C=O) groups excluding carboxylic acids is 2. The van der Waals surface area contributed by atoms with E-state index in [0.717, 1.165) is 51.4 Å². The fourth-order valence-electron chi connectivity index (χ4n) is 8.21. The summed E-state index contributed by atoms with van der Waals surface area (Å²) < 4.78 is 33.4. The van der Waals surface area contributed by atoms with Gasteiger partial charge in [0.1, 0.15) is 55.4 Å². The minimum atomic E-state index is -1.76. The van der Waals surface area contributed by atoms with E-state index in [4.69, 9.17) is 28.4 Å².